The molecule has 1 amide bonds. The summed E-state index contributed by atoms with van der Waals surface area (Å²) in [4.78, 5) is 17.4. The predicted octanol–water partition coefficient (Wildman–Crippen LogP) is -1.07. The Balaban J connectivity index is 0.00000108. The van der Waals surface area contributed by atoms with Crippen LogP contribution in [0.15, 0.2) is 17.1 Å². The average Bonchev–Trinajstić information content (AvgIpc) is 2.61. The van der Waals surface area contributed by atoms with E-state index in [4.69, 9.17) is 23.2 Å². The summed E-state index contributed by atoms with van der Waals surface area (Å²) in [6, 6.07) is 3.51. The number of nitrogens with zero attached hydrogens (tertiary/aromatic N) is 2. The highest BCUT2D eigenvalue weighted by molar-refractivity contribution is 6.42. The van der Waals surface area contributed by atoms with Crippen molar-refractivity contribution in [2.24, 2.45) is 4.99 Å². The molecule has 2 aliphatic heterocycles. The highest BCUT2D eigenvalue weighted by atomic mass is 35.5. The molecule has 1 fully saturated rings. The van der Waals surface area contributed by atoms with Crippen LogP contribution in [0.4, 0.5) is 5.69 Å². The standard InChI is InChI=1S/C10H7Cl2N3O.ClH/c11-6-1-2-7-5(9(6)12)3-15-4-8(16)14-10(15)13-7;/h1-2H,3-4H2,(H,13,14,16);1H/p-1. The van der Waals surface area contributed by atoms with Gasteiger partial charge in [-0.05, 0) is 12.1 Å². The molecule has 1 aromatic rings. The minimum Gasteiger partial charge on any atom is -1.00 e. The Labute approximate surface area is 114 Å². The Morgan fingerprint density at radius 2 is 2.06 bits per heavy atom. The number of rotatable bonds is 0. The molecule has 2 aliphatic rings. The molecule has 0 saturated carbocycles. The largest absolute Gasteiger partial charge is 1.00 e. The molecule has 1 N–H and O–H groups in total. The number of guanidine groups is 1. The van der Waals surface area contributed by atoms with E-state index in [-0.39, 0.29) is 18.3 Å². The maximum Gasteiger partial charge on any atom is 0.246 e. The lowest BCUT2D eigenvalue weighted by molar-refractivity contribution is -0.118. The Bertz CT molecular complexity index is 530. The zero-order valence-corrected chi connectivity index (χ0v) is 10.8. The molecule has 90 valence electrons. The molecule has 1 aromatic carbocycles. The summed E-state index contributed by atoms with van der Waals surface area (Å²) in [6.07, 6.45) is 0. The van der Waals surface area contributed by atoms with Crippen molar-refractivity contribution in [2.75, 3.05) is 6.54 Å². The van der Waals surface area contributed by atoms with Crippen LogP contribution in [0.3, 0.4) is 0 Å². The van der Waals surface area contributed by atoms with Crippen LogP contribution >= 0.6 is 23.2 Å². The van der Waals surface area contributed by atoms with Gasteiger partial charge in [-0.3, -0.25) is 10.1 Å². The fourth-order valence-electron chi connectivity index (χ4n) is 1.86. The Hall–Kier alpha value is -0.970. The highest BCUT2D eigenvalue weighted by Crippen LogP contribution is 2.36. The van der Waals surface area contributed by atoms with Crippen LogP contribution in [0, 0.1) is 0 Å². The smallest absolute Gasteiger partial charge is 0.246 e. The van der Waals surface area contributed by atoms with Crippen LogP contribution in [0.25, 0.3) is 0 Å². The van der Waals surface area contributed by atoms with Gasteiger partial charge in [0, 0.05) is 5.56 Å². The summed E-state index contributed by atoms with van der Waals surface area (Å²) >= 11 is 12.0. The number of amides is 1. The first kappa shape index (κ1) is 12.5. The number of fused-ring (bicyclic) bond motifs is 2. The van der Waals surface area contributed by atoms with Crippen molar-refractivity contribution >= 4 is 40.8 Å². The van der Waals surface area contributed by atoms with Crippen LogP contribution in [-0.4, -0.2) is 23.3 Å². The summed E-state index contributed by atoms with van der Waals surface area (Å²) in [5.41, 5.74) is 1.64. The van der Waals surface area contributed by atoms with Gasteiger partial charge in [-0.25, -0.2) is 4.99 Å². The van der Waals surface area contributed by atoms with Crippen molar-refractivity contribution in [1.29, 1.82) is 0 Å². The van der Waals surface area contributed by atoms with E-state index < -0.39 is 0 Å². The van der Waals surface area contributed by atoms with Gasteiger partial charge in [-0.15, -0.1) is 0 Å². The van der Waals surface area contributed by atoms with Gasteiger partial charge in [0.1, 0.15) is 6.54 Å². The topological polar surface area (TPSA) is 44.7 Å². The zero-order valence-electron chi connectivity index (χ0n) is 8.51. The lowest BCUT2D eigenvalue weighted by Gasteiger charge is -2.23. The van der Waals surface area contributed by atoms with Crippen molar-refractivity contribution in [3.05, 3.63) is 27.7 Å². The van der Waals surface area contributed by atoms with E-state index in [1.54, 1.807) is 12.1 Å². The molecule has 0 radical (unpaired) electrons. The highest BCUT2D eigenvalue weighted by Gasteiger charge is 2.30. The van der Waals surface area contributed by atoms with Crippen molar-refractivity contribution in [2.45, 2.75) is 6.54 Å². The van der Waals surface area contributed by atoms with Crippen LogP contribution in [-0.2, 0) is 11.3 Å². The van der Waals surface area contributed by atoms with Gasteiger partial charge in [0.2, 0.25) is 11.9 Å². The van der Waals surface area contributed by atoms with Crippen molar-refractivity contribution < 1.29 is 17.2 Å². The van der Waals surface area contributed by atoms with E-state index in [0.717, 1.165) is 11.3 Å². The van der Waals surface area contributed by atoms with Crippen LogP contribution in [0.5, 0.6) is 0 Å². The number of aliphatic imine (C=N–C) groups is 1. The number of hydrogen-bond donors (Lipinski definition) is 1. The van der Waals surface area contributed by atoms with Gasteiger partial charge in [0.15, 0.2) is 0 Å². The van der Waals surface area contributed by atoms with E-state index >= 15 is 0 Å². The number of nitrogens with one attached hydrogen (secondary N) is 1. The SMILES string of the molecule is O=C1CN2Cc3c(ccc(Cl)c3Cl)N=C2N1.[Cl-]. The van der Waals surface area contributed by atoms with Gasteiger partial charge < -0.3 is 17.3 Å². The molecule has 0 aliphatic carbocycles. The molecular formula is C10H7Cl3N3O-. The van der Waals surface area contributed by atoms with Crippen molar-refractivity contribution in [3.63, 3.8) is 0 Å². The molecule has 0 unspecified atom stereocenters. The summed E-state index contributed by atoms with van der Waals surface area (Å²) in [5, 5.41) is 3.72. The zero-order chi connectivity index (χ0) is 11.3. The van der Waals surface area contributed by atoms with Crippen LogP contribution in [0.1, 0.15) is 5.56 Å². The predicted molar refractivity (Wildman–Crippen MR) is 62.1 cm³/mol. The van der Waals surface area contributed by atoms with Crippen molar-refractivity contribution in [1.82, 2.24) is 10.2 Å². The normalized spacial score (nSPS) is 16.7. The summed E-state index contributed by atoms with van der Waals surface area (Å²) < 4.78 is 0. The summed E-state index contributed by atoms with van der Waals surface area (Å²) in [5.74, 6) is 0.546. The van der Waals surface area contributed by atoms with E-state index in [1.807, 2.05) is 4.90 Å². The molecule has 2 heterocycles. The summed E-state index contributed by atoms with van der Waals surface area (Å²) in [7, 11) is 0. The Morgan fingerprint density at radius 3 is 2.82 bits per heavy atom. The van der Waals surface area contributed by atoms with E-state index in [1.165, 1.54) is 0 Å². The number of benzene rings is 1. The molecule has 0 bridgehead atoms. The first-order valence-electron chi connectivity index (χ1n) is 4.75. The molecule has 4 nitrogen and oxygen atoms in total. The molecule has 0 aromatic heterocycles. The molecule has 1 saturated heterocycles. The lowest BCUT2D eigenvalue weighted by Crippen LogP contribution is -3.00. The third-order valence-electron chi connectivity index (χ3n) is 2.63. The van der Waals surface area contributed by atoms with Gasteiger partial charge in [0.25, 0.3) is 0 Å². The van der Waals surface area contributed by atoms with E-state index in [0.29, 0.717) is 29.1 Å². The maximum absolute atomic E-state index is 11.2. The van der Waals surface area contributed by atoms with Gasteiger partial charge in [-0.2, -0.15) is 0 Å². The first-order valence-corrected chi connectivity index (χ1v) is 5.51. The van der Waals surface area contributed by atoms with Crippen molar-refractivity contribution in [3.8, 4) is 0 Å². The first-order chi connectivity index (χ1) is 7.65. The minimum absolute atomic E-state index is 0. The molecule has 17 heavy (non-hydrogen) atoms. The Kier molecular flexibility index (Phi) is 3.21. The minimum atomic E-state index is -0.0474. The fourth-order valence-corrected chi connectivity index (χ4v) is 2.26. The van der Waals surface area contributed by atoms with Gasteiger partial charge >= 0.3 is 0 Å². The average molecular weight is 292 g/mol. The number of halogens is 3. The van der Waals surface area contributed by atoms with Gasteiger partial charge in [-0.1, -0.05) is 23.2 Å². The second-order valence-corrected chi connectivity index (χ2v) is 4.48. The monoisotopic (exact) mass is 290 g/mol. The second kappa shape index (κ2) is 4.37. The quantitative estimate of drug-likeness (QED) is 0.662. The van der Waals surface area contributed by atoms with E-state index in [9.17, 15) is 4.79 Å². The molecule has 0 atom stereocenters. The van der Waals surface area contributed by atoms with E-state index in [2.05, 4.69) is 10.3 Å². The number of carbonyl (C=O) groups is 1. The molecule has 7 heteroatoms. The fraction of sp³-hybridized carbons (Fsp3) is 0.200. The molecule has 0 spiro atoms. The third-order valence-corrected chi connectivity index (χ3v) is 3.48. The molecule has 3 rings (SSSR count). The van der Waals surface area contributed by atoms with Crippen LogP contribution < -0.4 is 17.7 Å². The van der Waals surface area contributed by atoms with Crippen LogP contribution in [0.2, 0.25) is 10.0 Å². The number of carbonyl (C=O) groups excluding carboxylic acids is 1. The maximum atomic E-state index is 11.2. The Morgan fingerprint density at radius 1 is 1.29 bits per heavy atom. The summed E-state index contributed by atoms with van der Waals surface area (Å²) in [6.45, 7) is 0.882. The molecular weight excluding hydrogens is 284 g/mol. The second-order valence-electron chi connectivity index (χ2n) is 3.70. The third kappa shape index (κ3) is 1.97. The van der Waals surface area contributed by atoms with Gasteiger partial charge in [0.05, 0.1) is 22.3 Å². The number of hydrogen-bond acceptors (Lipinski definition) is 3. The lowest BCUT2D eigenvalue weighted by atomic mass is 10.1.